The maximum absolute atomic E-state index is 6.13. The Morgan fingerprint density at radius 1 is 1.25 bits per heavy atom. The van der Waals surface area contributed by atoms with Crippen molar-refractivity contribution in [2.75, 3.05) is 11.9 Å². The summed E-state index contributed by atoms with van der Waals surface area (Å²) in [4.78, 5) is 8.61. The van der Waals surface area contributed by atoms with Gasteiger partial charge in [0.15, 0.2) is 0 Å². The molecule has 2 rings (SSSR count). The lowest BCUT2D eigenvalue weighted by molar-refractivity contribution is 0.0957. The smallest absolute Gasteiger partial charge is 0.221 e. The van der Waals surface area contributed by atoms with Crippen LogP contribution in [-0.4, -0.2) is 22.6 Å². The average Bonchev–Trinajstić information content (AvgIpc) is 2.44. The van der Waals surface area contributed by atoms with Crippen LogP contribution in [0.5, 0.6) is 5.88 Å². The monoisotopic (exact) mass is 277 g/mol. The summed E-state index contributed by atoms with van der Waals surface area (Å²) >= 11 is 0. The largest absolute Gasteiger partial charge is 0.474 e. The van der Waals surface area contributed by atoms with Crippen LogP contribution in [0.4, 0.5) is 5.82 Å². The van der Waals surface area contributed by atoms with Gasteiger partial charge in [-0.05, 0) is 44.4 Å². The Hall–Kier alpha value is -1.32. The highest BCUT2D eigenvalue weighted by atomic mass is 16.5. The van der Waals surface area contributed by atoms with Crippen LogP contribution in [0.25, 0.3) is 0 Å². The summed E-state index contributed by atoms with van der Waals surface area (Å²) < 4.78 is 6.13. The standard InChI is InChI=1S/C16H27N3O/c1-5-8-17-15-13(4)16(19-10-18-15)20-14-7-6-11(2)12(3)9-14/h10-12,14H,5-9H2,1-4H3,(H,17,18,19). The van der Waals surface area contributed by atoms with E-state index in [9.17, 15) is 0 Å². The summed E-state index contributed by atoms with van der Waals surface area (Å²) in [5, 5.41) is 3.32. The van der Waals surface area contributed by atoms with Gasteiger partial charge in [0.2, 0.25) is 5.88 Å². The van der Waals surface area contributed by atoms with Gasteiger partial charge >= 0.3 is 0 Å². The highest BCUT2D eigenvalue weighted by Crippen LogP contribution is 2.32. The van der Waals surface area contributed by atoms with Gasteiger partial charge in [0, 0.05) is 6.54 Å². The predicted octanol–water partition coefficient (Wildman–Crippen LogP) is 3.81. The normalized spacial score (nSPS) is 26.3. The van der Waals surface area contributed by atoms with Gasteiger partial charge in [-0.25, -0.2) is 9.97 Å². The molecule has 3 atom stereocenters. The zero-order valence-electron chi connectivity index (χ0n) is 13.1. The molecule has 0 aliphatic heterocycles. The molecule has 1 aliphatic carbocycles. The molecule has 4 nitrogen and oxygen atoms in total. The number of nitrogens with one attached hydrogen (secondary N) is 1. The summed E-state index contributed by atoms with van der Waals surface area (Å²) in [5.74, 6) is 3.18. The number of hydrogen-bond donors (Lipinski definition) is 1. The van der Waals surface area contributed by atoms with Crippen molar-refractivity contribution in [2.45, 2.75) is 59.5 Å². The second-order valence-electron chi connectivity index (χ2n) is 6.09. The van der Waals surface area contributed by atoms with Crippen molar-refractivity contribution in [3.8, 4) is 5.88 Å². The Morgan fingerprint density at radius 2 is 2.05 bits per heavy atom. The second kappa shape index (κ2) is 6.91. The maximum Gasteiger partial charge on any atom is 0.221 e. The molecule has 0 radical (unpaired) electrons. The highest BCUT2D eigenvalue weighted by molar-refractivity contribution is 5.47. The van der Waals surface area contributed by atoms with Crippen molar-refractivity contribution in [3.05, 3.63) is 11.9 Å². The molecular weight excluding hydrogens is 250 g/mol. The number of hydrogen-bond acceptors (Lipinski definition) is 4. The average molecular weight is 277 g/mol. The van der Waals surface area contributed by atoms with E-state index in [1.165, 1.54) is 6.42 Å². The van der Waals surface area contributed by atoms with Gasteiger partial charge in [-0.2, -0.15) is 0 Å². The van der Waals surface area contributed by atoms with Crippen LogP contribution < -0.4 is 10.1 Å². The maximum atomic E-state index is 6.13. The van der Waals surface area contributed by atoms with Crippen LogP contribution in [0, 0.1) is 18.8 Å². The molecule has 1 aliphatic rings. The fourth-order valence-electron chi connectivity index (χ4n) is 2.74. The van der Waals surface area contributed by atoms with Gasteiger partial charge < -0.3 is 10.1 Å². The van der Waals surface area contributed by atoms with Crippen molar-refractivity contribution < 1.29 is 4.74 Å². The van der Waals surface area contributed by atoms with Crippen LogP contribution in [0.2, 0.25) is 0 Å². The number of ether oxygens (including phenoxy) is 1. The topological polar surface area (TPSA) is 47.0 Å². The Kier molecular flexibility index (Phi) is 5.21. The van der Waals surface area contributed by atoms with Gasteiger partial charge in [0.05, 0.1) is 5.56 Å². The molecule has 1 aromatic rings. The molecule has 1 fully saturated rings. The van der Waals surface area contributed by atoms with E-state index in [-0.39, 0.29) is 0 Å². The molecule has 1 N–H and O–H groups in total. The zero-order chi connectivity index (χ0) is 14.5. The van der Waals surface area contributed by atoms with Gasteiger partial charge in [0.25, 0.3) is 0 Å². The van der Waals surface area contributed by atoms with E-state index >= 15 is 0 Å². The Bertz CT molecular complexity index is 436. The van der Waals surface area contributed by atoms with Gasteiger partial charge in [0.1, 0.15) is 18.2 Å². The van der Waals surface area contributed by atoms with E-state index in [4.69, 9.17) is 4.74 Å². The van der Waals surface area contributed by atoms with Crippen LogP contribution in [0.1, 0.15) is 52.0 Å². The van der Waals surface area contributed by atoms with E-state index in [1.807, 2.05) is 6.92 Å². The molecule has 1 saturated carbocycles. The first-order chi connectivity index (χ1) is 9.61. The second-order valence-corrected chi connectivity index (χ2v) is 6.09. The van der Waals surface area contributed by atoms with Crippen LogP contribution >= 0.6 is 0 Å². The Morgan fingerprint density at radius 3 is 2.75 bits per heavy atom. The molecule has 20 heavy (non-hydrogen) atoms. The Labute approximate surface area is 122 Å². The SMILES string of the molecule is CCCNc1ncnc(OC2CCC(C)C(C)C2)c1C. The molecule has 0 spiro atoms. The number of anilines is 1. The third-order valence-electron chi connectivity index (χ3n) is 4.41. The first kappa shape index (κ1) is 15.1. The number of nitrogens with zero attached hydrogens (tertiary/aromatic N) is 2. The Balaban J connectivity index is 2.02. The molecule has 0 amide bonds. The molecule has 1 aromatic heterocycles. The molecule has 4 heteroatoms. The summed E-state index contributed by atoms with van der Waals surface area (Å²) in [5.41, 5.74) is 1.02. The first-order valence-corrected chi connectivity index (χ1v) is 7.84. The van der Waals surface area contributed by atoms with E-state index in [2.05, 4.69) is 36.1 Å². The lowest BCUT2D eigenvalue weighted by Crippen LogP contribution is -2.29. The predicted molar refractivity (Wildman–Crippen MR) is 82.1 cm³/mol. The van der Waals surface area contributed by atoms with Gasteiger partial charge in [-0.1, -0.05) is 20.8 Å². The molecule has 0 saturated heterocycles. The zero-order valence-corrected chi connectivity index (χ0v) is 13.1. The fraction of sp³-hybridized carbons (Fsp3) is 0.750. The van der Waals surface area contributed by atoms with E-state index in [1.54, 1.807) is 6.33 Å². The van der Waals surface area contributed by atoms with Gasteiger partial charge in [-0.3, -0.25) is 0 Å². The van der Waals surface area contributed by atoms with Crippen LogP contribution in [0.3, 0.4) is 0 Å². The van der Waals surface area contributed by atoms with Crippen LogP contribution in [0.15, 0.2) is 6.33 Å². The molecule has 1 heterocycles. The first-order valence-electron chi connectivity index (χ1n) is 7.84. The quantitative estimate of drug-likeness (QED) is 0.889. The van der Waals surface area contributed by atoms with Crippen molar-refractivity contribution in [2.24, 2.45) is 11.8 Å². The van der Waals surface area contributed by atoms with E-state index < -0.39 is 0 Å². The number of rotatable bonds is 5. The lowest BCUT2D eigenvalue weighted by atomic mass is 9.80. The minimum Gasteiger partial charge on any atom is -0.474 e. The summed E-state index contributed by atoms with van der Waals surface area (Å²) in [7, 11) is 0. The van der Waals surface area contributed by atoms with E-state index in [0.29, 0.717) is 6.10 Å². The molecule has 3 unspecified atom stereocenters. The van der Waals surface area contributed by atoms with Crippen molar-refractivity contribution >= 4 is 5.82 Å². The van der Waals surface area contributed by atoms with Gasteiger partial charge in [-0.15, -0.1) is 0 Å². The third kappa shape index (κ3) is 3.62. The summed E-state index contributed by atoms with van der Waals surface area (Å²) in [6.07, 6.45) is 6.48. The highest BCUT2D eigenvalue weighted by Gasteiger charge is 2.26. The molecule has 112 valence electrons. The lowest BCUT2D eigenvalue weighted by Gasteiger charge is -2.32. The van der Waals surface area contributed by atoms with Crippen molar-refractivity contribution in [3.63, 3.8) is 0 Å². The minimum atomic E-state index is 0.300. The molecule has 0 aromatic carbocycles. The third-order valence-corrected chi connectivity index (χ3v) is 4.41. The van der Waals surface area contributed by atoms with Crippen molar-refractivity contribution in [1.82, 2.24) is 9.97 Å². The minimum absolute atomic E-state index is 0.300. The fourth-order valence-corrected chi connectivity index (χ4v) is 2.74. The number of aromatic nitrogens is 2. The van der Waals surface area contributed by atoms with Crippen molar-refractivity contribution in [1.29, 1.82) is 0 Å². The molecular formula is C16H27N3O. The summed E-state index contributed by atoms with van der Waals surface area (Å²) in [6, 6.07) is 0. The molecule has 0 bridgehead atoms. The van der Waals surface area contributed by atoms with Crippen LogP contribution in [-0.2, 0) is 0 Å². The summed E-state index contributed by atoms with van der Waals surface area (Å²) in [6.45, 7) is 9.76. The van der Waals surface area contributed by atoms with E-state index in [0.717, 1.165) is 54.9 Å².